The van der Waals surface area contributed by atoms with E-state index in [1.165, 1.54) is 0 Å². The first-order valence-electron chi connectivity index (χ1n) is 2.04. The lowest BCUT2D eigenvalue weighted by atomic mass is 10.4. The highest BCUT2D eigenvalue weighted by Gasteiger charge is 1.66. The molecule has 0 saturated carbocycles. The quantitative estimate of drug-likeness (QED) is 0.508. The van der Waals surface area contributed by atoms with Gasteiger partial charge in [-0.25, -0.2) is 0 Å². The Labute approximate surface area is 42.7 Å². The van der Waals surface area contributed by atoms with Crippen molar-refractivity contribution in [3.63, 3.8) is 0 Å². The third-order valence-electron chi connectivity index (χ3n) is 0.481. The van der Waals surface area contributed by atoms with Gasteiger partial charge in [0.05, 0.1) is 19.1 Å². The number of nitriles is 1. The van der Waals surface area contributed by atoms with Crippen LogP contribution in [0.25, 0.3) is 0 Å². The van der Waals surface area contributed by atoms with Crippen molar-refractivity contribution in [3.8, 4) is 6.07 Å². The molecule has 0 aromatic heterocycles. The van der Waals surface area contributed by atoms with Crippen molar-refractivity contribution < 1.29 is 5.11 Å². The molecule has 0 aromatic carbocycles. The zero-order chi connectivity index (χ0) is 5.54. The van der Waals surface area contributed by atoms with Crippen LogP contribution in [0.5, 0.6) is 0 Å². The smallest absolute Gasteiger partial charge is 0.0663 e. The van der Waals surface area contributed by atoms with Crippen LogP contribution in [0.15, 0.2) is 12.2 Å². The van der Waals surface area contributed by atoms with Crippen molar-refractivity contribution >= 4 is 0 Å². The third kappa shape index (κ3) is 5.19. The molecule has 0 radical (unpaired) electrons. The molecule has 0 aliphatic heterocycles. The molecule has 0 heterocycles. The third-order valence-corrected chi connectivity index (χ3v) is 0.481. The van der Waals surface area contributed by atoms with Gasteiger partial charge < -0.3 is 5.11 Å². The van der Waals surface area contributed by atoms with Crippen molar-refractivity contribution in [2.24, 2.45) is 0 Å². The maximum absolute atomic E-state index is 8.10. The molecule has 0 aliphatic carbocycles. The Hall–Kier alpha value is -0.810. The van der Waals surface area contributed by atoms with Crippen LogP contribution in [0.4, 0.5) is 0 Å². The van der Waals surface area contributed by atoms with Gasteiger partial charge in [0, 0.05) is 0 Å². The number of aliphatic hydroxyl groups is 1. The topological polar surface area (TPSA) is 44.0 Å². The Morgan fingerprint density at radius 2 is 2.29 bits per heavy atom. The second kappa shape index (κ2) is 5.19. The molecule has 0 rings (SSSR count). The largest absolute Gasteiger partial charge is 0.392 e. The number of rotatable bonds is 2. The average Bonchev–Trinajstić information content (AvgIpc) is 1.69. The van der Waals surface area contributed by atoms with Gasteiger partial charge in [-0.05, 0) is 0 Å². The SMILES string of the molecule is N#CCC=CCO. The van der Waals surface area contributed by atoms with Crippen molar-refractivity contribution in [2.75, 3.05) is 6.61 Å². The van der Waals surface area contributed by atoms with Gasteiger partial charge in [0.25, 0.3) is 0 Å². The fraction of sp³-hybridized carbons (Fsp3) is 0.400. The van der Waals surface area contributed by atoms with Gasteiger partial charge in [-0.2, -0.15) is 5.26 Å². The van der Waals surface area contributed by atoms with Gasteiger partial charge in [0.2, 0.25) is 0 Å². The molecule has 1 N–H and O–H groups in total. The van der Waals surface area contributed by atoms with E-state index >= 15 is 0 Å². The Kier molecular flexibility index (Phi) is 4.59. The van der Waals surface area contributed by atoms with Crippen LogP contribution in [0, 0.1) is 11.3 Å². The molecule has 0 bridgehead atoms. The van der Waals surface area contributed by atoms with E-state index in [-0.39, 0.29) is 6.61 Å². The van der Waals surface area contributed by atoms with Crippen LogP contribution in [0.3, 0.4) is 0 Å². The second-order valence-corrected chi connectivity index (χ2v) is 1.02. The molecule has 0 spiro atoms. The van der Waals surface area contributed by atoms with E-state index in [4.69, 9.17) is 10.4 Å². The van der Waals surface area contributed by atoms with Crippen LogP contribution in [0.2, 0.25) is 0 Å². The minimum atomic E-state index is 0.0294. The molecule has 0 amide bonds. The zero-order valence-corrected chi connectivity index (χ0v) is 3.96. The molecule has 0 saturated heterocycles. The summed E-state index contributed by atoms with van der Waals surface area (Å²) in [5.74, 6) is 0. The summed E-state index contributed by atoms with van der Waals surface area (Å²) in [7, 11) is 0. The predicted molar refractivity (Wildman–Crippen MR) is 26.5 cm³/mol. The molecular formula is C5H7NO. The van der Waals surface area contributed by atoms with Crippen molar-refractivity contribution in [1.29, 1.82) is 5.26 Å². The Balaban J connectivity index is 2.97. The summed E-state index contributed by atoms with van der Waals surface area (Å²) in [6.45, 7) is 0.0294. The Morgan fingerprint density at radius 1 is 1.57 bits per heavy atom. The van der Waals surface area contributed by atoms with Gasteiger partial charge in [0.15, 0.2) is 0 Å². The molecular weight excluding hydrogens is 90.1 g/mol. The van der Waals surface area contributed by atoms with Crippen LogP contribution in [0.1, 0.15) is 6.42 Å². The van der Waals surface area contributed by atoms with Crippen molar-refractivity contribution in [1.82, 2.24) is 0 Å². The average molecular weight is 97.1 g/mol. The van der Waals surface area contributed by atoms with E-state index in [0.29, 0.717) is 6.42 Å². The van der Waals surface area contributed by atoms with Gasteiger partial charge in [0.1, 0.15) is 0 Å². The lowest BCUT2D eigenvalue weighted by molar-refractivity contribution is 0.342. The minimum absolute atomic E-state index is 0.0294. The zero-order valence-electron chi connectivity index (χ0n) is 3.96. The number of hydrogen-bond acceptors (Lipinski definition) is 2. The summed E-state index contributed by atoms with van der Waals surface area (Å²) in [6, 6.07) is 1.90. The van der Waals surface area contributed by atoms with E-state index in [1.54, 1.807) is 12.2 Å². The molecule has 38 valence electrons. The summed E-state index contributed by atoms with van der Waals surface area (Å²) in [5, 5.41) is 16.0. The van der Waals surface area contributed by atoms with E-state index in [1.807, 2.05) is 6.07 Å². The van der Waals surface area contributed by atoms with Crippen LogP contribution in [-0.4, -0.2) is 11.7 Å². The maximum atomic E-state index is 8.10. The van der Waals surface area contributed by atoms with Crippen molar-refractivity contribution in [2.45, 2.75) is 6.42 Å². The molecule has 0 aromatic rings. The van der Waals surface area contributed by atoms with Crippen LogP contribution >= 0.6 is 0 Å². The normalized spacial score (nSPS) is 9.14. The molecule has 2 nitrogen and oxygen atoms in total. The van der Waals surface area contributed by atoms with Crippen molar-refractivity contribution in [3.05, 3.63) is 12.2 Å². The van der Waals surface area contributed by atoms with Gasteiger partial charge in [-0.15, -0.1) is 0 Å². The monoisotopic (exact) mass is 97.1 g/mol. The van der Waals surface area contributed by atoms with E-state index < -0.39 is 0 Å². The maximum Gasteiger partial charge on any atom is 0.0663 e. The first-order valence-corrected chi connectivity index (χ1v) is 2.04. The van der Waals surface area contributed by atoms with Gasteiger partial charge >= 0.3 is 0 Å². The summed E-state index contributed by atoms with van der Waals surface area (Å²) >= 11 is 0. The lowest BCUT2D eigenvalue weighted by Gasteiger charge is -1.71. The molecule has 0 fully saturated rings. The highest BCUT2D eigenvalue weighted by molar-refractivity contribution is 4.89. The highest BCUT2D eigenvalue weighted by atomic mass is 16.2. The number of aliphatic hydroxyl groups excluding tert-OH is 1. The van der Waals surface area contributed by atoms with Gasteiger partial charge in [-0.3, -0.25) is 0 Å². The Morgan fingerprint density at radius 3 is 2.71 bits per heavy atom. The number of hydrogen-bond donors (Lipinski definition) is 1. The fourth-order valence-electron chi connectivity index (χ4n) is 0.211. The minimum Gasteiger partial charge on any atom is -0.392 e. The summed E-state index contributed by atoms with van der Waals surface area (Å²) in [4.78, 5) is 0. The summed E-state index contributed by atoms with van der Waals surface area (Å²) in [5.41, 5.74) is 0. The molecule has 7 heavy (non-hydrogen) atoms. The van der Waals surface area contributed by atoms with Crippen LogP contribution in [-0.2, 0) is 0 Å². The predicted octanol–water partition coefficient (Wildman–Crippen LogP) is 0.449. The molecule has 0 atom stereocenters. The first-order chi connectivity index (χ1) is 3.41. The standard InChI is InChI=1S/C5H7NO/c6-4-2-1-3-5-7/h1,3,7H,2,5H2. The first kappa shape index (κ1) is 6.19. The second-order valence-electron chi connectivity index (χ2n) is 1.02. The lowest BCUT2D eigenvalue weighted by Crippen LogP contribution is -1.68. The van der Waals surface area contributed by atoms with E-state index in [0.717, 1.165) is 0 Å². The Bertz CT molecular complexity index is 90.7. The fourth-order valence-corrected chi connectivity index (χ4v) is 0.211. The van der Waals surface area contributed by atoms with E-state index in [9.17, 15) is 0 Å². The number of nitrogens with zero attached hydrogens (tertiary/aromatic N) is 1. The molecule has 2 heteroatoms. The number of allylic oxidation sites excluding steroid dienone is 1. The summed E-state index contributed by atoms with van der Waals surface area (Å²) in [6.07, 6.45) is 3.56. The van der Waals surface area contributed by atoms with Gasteiger partial charge in [-0.1, -0.05) is 12.2 Å². The van der Waals surface area contributed by atoms with Crippen LogP contribution < -0.4 is 0 Å². The molecule has 0 unspecified atom stereocenters. The summed E-state index contributed by atoms with van der Waals surface area (Å²) < 4.78 is 0. The highest BCUT2D eigenvalue weighted by Crippen LogP contribution is 1.75. The molecule has 0 aliphatic rings. The van der Waals surface area contributed by atoms with E-state index in [2.05, 4.69) is 0 Å².